The molecule has 2 heterocycles. The molecule has 4 nitrogen and oxygen atoms in total. The van der Waals surface area contributed by atoms with Gasteiger partial charge in [0, 0.05) is 13.5 Å². The zero-order chi connectivity index (χ0) is 11.8. The molecule has 1 aromatic heterocycles. The van der Waals surface area contributed by atoms with Crippen molar-refractivity contribution in [1.29, 1.82) is 0 Å². The van der Waals surface area contributed by atoms with E-state index in [0.717, 1.165) is 22.6 Å². The Balaban J connectivity index is 1.95. The van der Waals surface area contributed by atoms with Crippen molar-refractivity contribution in [3.8, 4) is 0 Å². The molecule has 1 atom stereocenters. The van der Waals surface area contributed by atoms with Crippen LogP contribution in [0.4, 0.5) is 0 Å². The first-order valence-electron chi connectivity index (χ1n) is 5.50. The van der Waals surface area contributed by atoms with Gasteiger partial charge in [0.25, 0.3) is 0 Å². The first-order valence-corrected chi connectivity index (χ1v) is 6.38. The van der Waals surface area contributed by atoms with Crippen molar-refractivity contribution in [2.24, 2.45) is 7.05 Å². The Morgan fingerprint density at radius 3 is 3.00 bits per heavy atom. The van der Waals surface area contributed by atoms with Crippen LogP contribution in [0.1, 0.15) is 6.42 Å². The van der Waals surface area contributed by atoms with E-state index in [9.17, 15) is 4.79 Å². The second-order valence-corrected chi connectivity index (χ2v) is 5.17. The number of imidazole rings is 1. The summed E-state index contributed by atoms with van der Waals surface area (Å²) < 4.78 is 6.97. The Morgan fingerprint density at radius 1 is 1.47 bits per heavy atom. The summed E-state index contributed by atoms with van der Waals surface area (Å²) in [4.78, 5) is 16.0. The highest BCUT2D eigenvalue weighted by Gasteiger charge is 2.29. The zero-order valence-electron chi connectivity index (χ0n) is 9.42. The molecular formula is C12H12N2O2S. The lowest BCUT2D eigenvalue weighted by molar-refractivity contribution is -0.137. The topological polar surface area (TPSA) is 44.1 Å². The minimum atomic E-state index is -0.123. The Bertz CT molecular complexity index is 579. The van der Waals surface area contributed by atoms with Gasteiger partial charge in [0.2, 0.25) is 0 Å². The lowest BCUT2D eigenvalue weighted by atomic mass is 10.3. The van der Waals surface area contributed by atoms with E-state index in [2.05, 4.69) is 4.98 Å². The molecule has 2 aromatic rings. The number of hydrogen-bond donors (Lipinski definition) is 0. The molecule has 1 aliphatic rings. The first kappa shape index (κ1) is 10.7. The van der Waals surface area contributed by atoms with Crippen molar-refractivity contribution in [1.82, 2.24) is 9.55 Å². The largest absolute Gasteiger partial charge is 0.465 e. The number of rotatable bonds is 2. The molecule has 88 valence electrons. The van der Waals surface area contributed by atoms with E-state index in [1.165, 1.54) is 11.8 Å². The fourth-order valence-electron chi connectivity index (χ4n) is 1.94. The third-order valence-corrected chi connectivity index (χ3v) is 4.17. The molecule has 5 heteroatoms. The van der Waals surface area contributed by atoms with Gasteiger partial charge >= 0.3 is 5.97 Å². The van der Waals surface area contributed by atoms with Crippen molar-refractivity contribution < 1.29 is 9.53 Å². The maximum Gasteiger partial charge on any atom is 0.319 e. The molecule has 0 saturated carbocycles. The maximum atomic E-state index is 11.4. The number of aryl methyl sites for hydroxylation is 1. The van der Waals surface area contributed by atoms with Gasteiger partial charge in [-0.3, -0.25) is 4.79 Å². The number of para-hydroxylation sites is 2. The number of benzene rings is 1. The molecular weight excluding hydrogens is 236 g/mol. The van der Waals surface area contributed by atoms with Crippen LogP contribution in [-0.2, 0) is 16.6 Å². The number of carbonyl (C=O) groups is 1. The van der Waals surface area contributed by atoms with Crippen LogP contribution in [0.15, 0.2) is 29.4 Å². The van der Waals surface area contributed by atoms with E-state index in [4.69, 9.17) is 4.74 Å². The summed E-state index contributed by atoms with van der Waals surface area (Å²) in [6.07, 6.45) is 0.771. The Kier molecular flexibility index (Phi) is 2.55. The molecule has 0 aliphatic carbocycles. The Morgan fingerprint density at radius 2 is 2.29 bits per heavy atom. The standard InChI is InChI=1S/C12H12N2O2S/c1-14-9-5-3-2-4-8(9)13-12(14)17-10-6-7-16-11(10)15/h2-5,10H,6-7H2,1H3/t10-/m0/s1. The number of cyclic esters (lactones) is 1. The van der Waals surface area contributed by atoms with Crippen molar-refractivity contribution >= 4 is 28.8 Å². The summed E-state index contributed by atoms with van der Waals surface area (Å²) in [6, 6.07) is 7.96. The molecule has 1 aliphatic heterocycles. The third-order valence-electron chi connectivity index (χ3n) is 2.88. The van der Waals surface area contributed by atoms with Gasteiger partial charge < -0.3 is 9.30 Å². The molecule has 0 bridgehead atoms. The van der Waals surface area contributed by atoms with Gasteiger partial charge in [-0.05, 0) is 12.1 Å². The van der Waals surface area contributed by atoms with Crippen LogP contribution in [0.3, 0.4) is 0 Å². The van der Waals surface area contributed by atoms with Crippen LogP contribution in [-0.4, -0.2) is 27.4 Å². The second-order valence-electron chi connectivity index (χ2n) is 4.00. The number of carbonyl (C=O) groups excluding carboxylic acids is 1. The minimum Gasteiger partial charge on any atom is -0.465 e. The van der Waals surface area contributed by atoms with Gasteiger partial charge in [-0.25, -0.2) is 4.98 Å². The predicted molar refractivity (Wildman–Crippen MR) is 65.9 cm³/mol. The molecule has 1 fully saturated rings. The van der Waals surface area contributed by atoms with E-state index in [0.29, 0.717) is 6.61 Å². The van der Waals surface area contributed by atoms with Crippen LogP contribution in [0.2, 0.25) is 0 Å². The quantitative estimate of drug-likeness (QED) is 0.762. The van der Waals surface area contributed by atoms with Gasteiger partial charge in [0.15, 0.2) is 5.16 Å². The number of ether oxygens (including phenoxy) is 1. The maximum absolute atomic E-state index is 11.4. The summed E-state index contributed by atoms with van der Waals surface area (Å²) >= 11 is 1.49. The zero-order valence-corrected chi connectivity index (χ0v) is 10.2. The smallest absolute Gasteiger partial charge is 0.319 e. The van der Waals surface area contributed by atoms with Crippen LogP contribution >= 0.6 is 11.8 Å². The highest BCUT2D eigenvalue weighted by atomic mass is 32.2. The summed E-state index contributed by atoms with van der Waals surface area (Å²) in [7, 11) is 1.97. The lowest BCUT2D eigenvalue weighted by Gasteiger charge is -2.04. The number of hydrogen-bond acceptors (Lipinski definition) is 4. The normalized spacial score (nSPS) is 19.8. The molecule has 0 spiro atoms. The summed E-state index contributed by atoms with van der Waals surface area (Å²) in [5.41, 5.74) is 2.05. The lowest BCUT2D eigenvalue weighted by Crippen LogP contribution is -2.10. The van der Waals surface area contributed by atoms with Crippen molar-refractivity contribution in [2.75, 3.05) is 6.61 Å². The van der Waals surface area contributed by atoms with Gasteiger partial charge in [-0.2, -0.15) is 0 Å². The molecule has 0 unspecified atom stereocenters. The number of esters is 1. The Labute approximate surface area is 103 Å². The highest BCUT2D eigenvalue weighted by Crippen LogP contribution is 2.30. The average molecular weight is 248 g/mol. The van der Waals surface area contributed by atoms with Crippen molar-refractivity contribution in [2.45, 2.75) is 16.8 Å². The fourth-order valence-corrected chi connectivity index (χ4v) is 2.98. The number of fused-ring (bicyclic) bond motifs is 1. The van der Waals surface area contributed by atoms with Crippen LogP contribution in [0.25, 0.3) is 11.0 Å². The second kappa shape index (κ2) is 4.07. The van der Waals surface area contributed by atoms with Gasteiger partial charge in [0.1, 0.15) is 5.25 Å². The third kappa shape index (κ3) is 1.80. The molecule has 3 rings (SSSR count). The predicted octanol–water partition coefficient (Wildman–Crippen LogP) is 1.98. The van der Waals surface area contributed by atoms with Crippen LogP contribution in [0, 0.1) is 0 Å². The molecule has 0 amide bonds. The van der Waals surface area contributed by atoms with Gasteiger partial charge in [-0.1, -0.05) is 23.9 Å². The van der Waals surface area contributed by atoms with Crippen molar-refractivity contribution in [3.63, 3.8) is 0 Å². The average Bonchev–Trinajstić information content (AvgIpc) is 2.87. The summed E-state index contributed by atoms with van der Waals surface area (Å²) in [5, 5.41) is 0.764. The number of aromatic nitrogens is 2. The van der Waals surface area contributed by atoms with Crippen LogP contribution < -0.4 is 0 Å². The van der Waals surface area contributed by atoms with E-state index in [-0.39, 0.29) is 11.2 Å². The summed E-state index contributed by atoms with van der Waals surface area (Å²) in [5.74, 6) is -0.123. The molecule has 0 N–H and O–H groups in total. The molecule has 0 radical (unpaired) electrons. The van der Waals surface area contributed by atoms with E-state index in [1.54, 1.807) is 0 Å². The fraction of sp³-hybridized carbons (Fsp3) is 0.333. The van der Waals surface area contributed by atoms with Gasteiger partial charge in [0.05, 0.1) is 17.6 Å². The van der Waals surface area contributed by atoms with E-state index in [1.807, 2.05) is 35.9 Å². The molecule has 17 heavy (non-hydrogen) atoms. The number of thioether (sulfide) groups is 1. The molecule has 1 aromatic carbocycles. The number of nitrogens with zero attached hydrogens (tertiary/aromatic N) is 2. The minimum absolute atomic E-state index is 0.106. The SMILES string of the molecule is Cn1c(S[C@H]2CCOC2=O)nc2ccccc21. The molecule has 1 saturated heterocycles. The van der Waals surface area contributed by atoms with E-state index < -0.39 is 0 Å². The van der Waals surface area contributed by atoms with E-state index >= 15 is 0 Å². The monoisotopic (exact) mass is 248 g/mol. The first-order chi connectivity index (χ1) is 8.25. The highest BCUT2D eigenvalue weighted by molar-refractivity contribution is 8.00. The van der Waals surface area contributed by atoms with Gasteiger partial charge in [-0.15, -0.1) is 0 Å². The van der Waals surface area contributed by atoms with Crippen LogP contribution in [0.5, 0.6) is 0 Å². The van der Waals surface area contributed by atoms with Crippen molar-refractivity contribution in [3.05, 3.63) is 24.3 Å². The summed E-state index contributed by atoms with van der Waals surface area (Å²) in [6.45, 7) is 0.528. The Hall–Kier alpha value is -1.49.